The van der Waals surface area contributed by atoms with Gasteiger partial charge in [0.05, 0.1) is 0 Å². The number of amides is 1. The van der Waals surface area contributed by atoms with Gasteiger partial charge in [0, 0.05) is 18.0 Å². The summed E-state index contributed by atoms with van der Waals surface area (Å²) in [6.45, 7) is 8.17. The van der Waals surface area contributed by atoms with Crippen molar-refractivity contribution in [2.45, 2.75) is 59.4 Å². The van der Waals surface area contributed by atoms with Crippen LogP contribution in [0.1, 0.15) is 53.4 Å². The van der Waals surface area contributed by atoms with Gasteiger partial charge >= 0.3 is 0 Å². The summed E-state index contributed by atoms with van der Waals surface area (Å²) in [4.78, 5) is 34.3. The van der Waals surface area contributed by atoms with Crippen molar-refractivity contribution in [3.63, 3.8) is 0 Å². The largest absolute Gasteiger partial charge is 0.483 e. The van der Waals surface area contributed by atoms with E-state index in [2.05, 4.69) is 0 Å². The lowest BCUT2D eigenvalue weighted by Crippen LogP contribution is -2.48. The van der Waals surface area contributed by atoms with Crippen molar-refractivity contribution in [3.05, 3.63) is 0 Å². The second kappa shape index (κ2) is 7.92. The lowest BCUT2D eigenvalue weighted by Gasteiger charge is -2.34. The Balaban J connectivity index is 0.000000982. The molecule has 1 N–H and O–H groups in total. The molecule has 0 saturated carbocycles. The number of Topliss-reactive ketones (excluding diaryl/α,β-unsaturated/α-hetero) is 1. The average Bonchev–Trinajstić information content (AvgIpc) is 2.38. The lowest BCUT2D eigenvalue weighted by molar-refractivity contribution is -0.151. The minimum absolute atomic E-state index is 0.220. The normalized spacial score (nSPS) is 19.2. The molecule has 0 radical (unpaired) electrons. The summed E-state index contributed by atoms with van der Waals surface area (Å²) in [5, 5.41) is 6.89. The van der Waals surface area contributed by atoms with Gasteiger partial charge in [-0.25, -0.2) is 0 Å². The number of nitrogens with zero attached hydrogens (tertiary/aromatic N) is 1. The molecule has 0 bridgehead atoms. The number of hydrogen-bond donors (Lipinski definition) is 1. The first-order valence-corrected chi connectivity index (χ1v) is 6.75. The quantitative estimate of drug-likeness (QED) is 0.630. The Bertz CT molecular complexity index is 325. The van der Waals surface area contributed by atoms with Crippen molar-refractivity contribution in [3.8, 4) is 0 Å². The third kappa shape index (κ3) is 5.01. The highest BCUT2D eigenvalue weighted by Gasteiger charge is 2.36. The van der Waals surface area contributed by atoms with Gasteiger partial charge in [0.1, 0.15) is 0 Å². The molecule has 1 fully saturated rings. The van der Waals surface area contributed by atoms with Gasteiger partial charge in [-0.1, -0.05) is 20.8 Å². The summed E-state index contributed by atoms with van der Waals surface area (Å²) >= 11 is 0. The highest BCUT2D eigenvalue weighted by molar-refractivity contribution is 6.38. The van der Waals surface area contributed by atoms with E-state index in [0.29, 0.717) is 6.42 Å². The van der Waals surface area contributed by atoms with Gasteiger partial charge in [0.2, 0.25) is 5.78 Å². The van der Waals surface area contributed by atoms with E-state index in [9.17, 15) is 9.59 Å². The number of carboxylic acid groups (broad SMARTS) is 1. The average molecular weight is 271 g/mol. The Hall–Kier alpha value is -1.39. The molecule has 1 unspecified atom stereocenters. The molecular formula is C14H25NO4. The Labute approximate surface area is 115 Å². The molecule has 0 aliphatic carbocycles. The molecule has 0 aromatic heterocycles. The van der Waals surface area contributed by atoms with Crippen molar-refractivity contribution in [2.24, 2.45) is 5.41 Å². The van der Waals surface area contributed by atoms with E-state index >= 15 is 0 Å². The molecule has 1 heterocycles. The van der Waals surface area contributed by atoms with Crippen LogP contribution < -0.4 is 0 Å². The molecule has 1 aliphatic heterocycles. The van der Waals surface area contributed by atoms with Crippen LogP contribution in [-0.2, 0) is 14.4 Å². The topological polar surface area (TPSA) is 74.7 Å². The molecule has 0 spiro atoms. The predicted octanol–water partition coefficient (Wildman–Crippen LogP) is 2.09. The van der Waals surface area contributed by atoms with E-state index < -0.39 is 5.41 Å². The highest BCUT2D eigenvalue weighted by atomic mass is 16.3. The van der Waals surface area contributed by atoms with Gasteiger partial charge in [-0.2, -0.15) is 0 Å². The zero-order valence-electron chi connectivity index (χ0n) is 12.3. The van der Waals surface area contributed by atoms with Gasteiger partial charge < -0.3 is 10.0 Å². The Morgan fingerprint density at radius 3 is 2.32 bits per heavy atom. The van der Waals surface area contributed by atoms with Crippen LogP contribution in [0.2, 0.25) is 0 Å². The highest BCUT2D eigenvalue weighted by Crippen LogP contribution is 2.24. The molecule has 0 aromatic rings. The van der Waals surface area contributed by atoms with E-state index in [1.54, 1.807) is 4.90 Å². The van der Waals surface area contributed by atoms with Crippen LogP contribution in [-0.4, -0.2) is 40.8 Å². The van der Waals surface area contributed by atoms with Crippen LogP contribution in [0, 0.1) is 5.41 Å². The summed E-state index contributed by atoms with van der Waals surface area (Å²) in [6, 6.07) is 0.220. The number of carbonyl (C=O) groups is 3. The second-order valence-electron chi connectivity index (χ2n) is 5.52. The fraction of sp³-hybridized carbons (Fsp3) is 0.786. The molecule has 1 atom stereocenters. The Morgan fingerprint density at radius 1 is 1.37 bits per heavy atom. The molecule has 19 heavy (non-hydrogen) atoms. The maximum absolute atomic E-state index is 12.1. The van der Waals surface area contributed by atoms with E-state index in [0.717, 1.165) is 25.8 Å². The summed E-state index contributed by atoms with van der Waals surface area (Å²) in [6.07, 6.45) is 3.91. The standard InChI is InChI=1S/C13H23NO2.CH2O2/c1-5-13(3,4)11(15)12(16)14-9-7-6-8-10(14)2;2-1-3/h10H,5-9H2,1-4H3;1H,(H,2,3). The fourth-order valence-corrected chi connectivity index (χ4v) is 1.98. The minimum Gasteiger partial charge on any atom is -0.483 e. The molecule has 0 aromatic carbocycles. The van der Waals surface area contributed by atoms with E-state index in [1.807, 2.05) is 27.7 Å². The first-order valence-electron chi connectivity index (χ1n) is 6.75. The first kappa shape index (κ1) is 17.6. The number of rotatable bonds is 3. The zero-order valence-corrected chi connectivity index (χ0v) is 12.3. The number of carbonyl (C=O) groups excluding carboxylic acids is 2. The molecule has 1 amide bonds. The van der Waals surface area contributed by atoms with Crippen LogP contribution >= 0.6 is 0 Å². The summed E-state index contributed by atoms with van der Waals surface area (Å²) < 4.78 is 0. The molecular weight excluding hydrogens is 246 g/mol. The van der Waals surface area contributed by atoms with Gasteiger partial charge in [-0.15, -0.1) is 0 Å². The van der Waals surface area contributed by atoms with Crippen LogP contribution in [0.5, 0.6) is 0 Å². The van der Waals surface area contributed by atoms with Gasteiger partial charge in [0.15, 0.2) is 0 Å². The first-order chi connectivity index (χ1) is 8.81. The van der Waals surface area contributed by atoms with Gasteiger partial charge in [-0.05, 0) is 32.6 Å². The molecule has 1 rings (SSSR count). The monoisotopic (exact) mass is 271 g/mol. The zero-order chi connectivity index (χ0) is 15.1. The maximum atomic E-state index is 12.1. The lowest BCUT2D eigenvalue weighted by atomic mass is 9.84. The summed E-state index contributed by atoms with van der Waals surface area (Å²) in [5.41, 5.74) is -0.520. The summed E-state index contributed by atoms with van der Waals surface area (Å²) in [7, 11) is 0. The van der Waals surface area contributed by atoms with Crippen molar-refractivity contribution >= 4 is 18.2 Å². The van der Waals surface area contributed by atoms with E-state index in [1.165, 1.54) is 0 Å². The Kier molecular flexibility index (Phi) is 7.34. The third-order valence-electron chi connectivity index (χ3n) is 3.76. The van der Waals surface area contributed by atoms with Crippen molar-refractivity contribution in [1.29, 1.82) is 0 Å². The van der Waals surface area contributed by atoms with E-state index in [4.69, 9.17) is 9.90 Å². The van der Waals surface area contributed by atoms with Crippen LogP contribution in [0.4, 0.5) is 0 Å². The number of piperidine rings is 1. The molecule has 5 heteroatoms. The van der Waals surface area contributed by atoms with Crippen LogP contribution in [0.15, 0.2) is 0 Å². The van der Waals surface area contributed by atoms with E-state index in [-0.39, 0.29) is 24.2 Å². The van der Waals surface area contributed by atoms with Crippen LogP contribution in [0.25, 0.3) is 0 Å². The SMILES string of the molecule is CCC(C)(C)C(=O)C(=O)N1CCCCC1C.O=CO. The van der Waals surface area contributed by atoms with Gasteiger partial charge in [-0.3, -0.25) is 14.4 Å². The van der Waals surface area contributed by atoms with Crippen molar-refractivity contribution < 1.29 is 19.5 Å². The van der Waals surface area contributed by atoms with Crippen molar-refractivity contribution in [1.82, 2.24) is 4.90 Å². The molecule has 1 saturated heterocycles. The number of hydrogen-bond acceptors (Lipinski definition) is 3. The number of ketones is 1. The molecule has 110 valence electrons. The minimum atomic E-state index is -0.520. The predicted molar refractivity (Wildman–Crippen MR) is 72.8 cm³/mol. The number of likely N-dealkylation sites (tertiary alicyclic amines) is 1. The Morgan fingerprint density at radius 2 is 1.89 bits per heavy atom. The third-order valence-corrected chi connectivity index (χ3v) is 3.76. The molecule has 5 nitrogen and oxygen atoms in total. The maximum Gasteiger partial charge on any atom is 0.290 e. The molecule has 1 aliphatic rings. The smallest absolute Gasteiger partial charge is 0.290 e. The summed E-state index contributed by atoms with van der Waals surface area (Å²) in [5.74, 6) is -0.511. The fourth-order valence-electron chi connectivity index (χ4n) is 1.98. The van der Waals surface area contributed by atoms with Crippen molar-refractivity contribution in [2.75, 3.05) is 6.54 Å². The van der Waals surface area contributed by atoms with Gasteiger partial charge in [0.25, 0.3) is 12.4 Å². The van der Waals surface area contributed by atoms with Crippen LogP contribution in [0.3, 0.4) is 0 Å². The second-order valence-corrected chi connectivity index (χ2v) is 5.52.